The molecule has 4 rings (SSSR count). The molecule has 0 aliphatic heterocycles. The van der Waals surface area contributed by atoms with Gasteiger partial charge in [-0.15, -0.1) is 0 Å². The van der Waals surface area contributed by atoms with E-state index in [9.17, 15) is 13.2 Å². The Morgan fingerprint density at radius 2 is 1.71 bits per heavy atom. The lowest BCUT2D eigenvalue weighted by molar-refractivity contribution is 0.135. The molecule has 1 amide bonds. The maximum atomic E-state index is 13.2. The van der Waals surface area contributed by atoms with Gasteiger partial charge < -0.3 is 28.8 Å². The summed E-state index contributed by atoms with van der Waals surface area (Å²) in [6.07, 6.45) is 3.39. The lowest BCUT2D eigenvalue weighted by atomic mass is 10.3. The van der Waals surface area contributed by atoms with Gasteiger partial charge in [0.1, 0.15) is 31.9 Å². The SMILES string of the molecule is COc1ccccc1Oc1c(NS(=O)(=O)c2ccc(OCCO)cc2)ncnc1OCCOC(=O)Nc1cccnc1. The second kappa shape index (κ2) is 14.5. The van der Waals surface area contributed by atoms with Gasteiger partial charge in [0, 0.05) is 6.20 Å². The highest BCUT2D eigenvalue weighted by molar-refractivity contribution is 7.92. The standard InChI is InChI=1S/C27H27N5O9S/c1-37-22-6-2-3-7-23(22)41-24-25(32-42(35,36)21-10-8-20(9-11-21)38-14-13-33)29-18-30-26(24)39-15-16-40-27(34)31-19-5-4-12-28-17-19/h2-12,17-18,33H,13-16H2,1H3,(H,31,34)(H,29,30,32). The minimum atomic E-state index is -4.16. The molecule has 0 atom stereocenters. The molecule has 0 fully saturated rings. The number of nitrogens with zero attached hydrogens (tertiary/aromatic N) is 3. The molecule has 2 aromatic heterocycles. The van der Waals surface area contributed by atoms with Gasteiger partial charge in [0.05, 0.1) is 30.5 Å². The van der Waals surface area contributed by atoms with Crippen molar-refractivity contribution in [1.29, 1.82) is 0 Å². The quantitative estimate of drug-likeness (QED) is 0.180. The van der Waals surface area contributed by atoms with Crippen LogP contribution in [0.1, 0.15) is 0 Å². The summed E-state index contributed by atoms with van der Waals surface area (Å²) in [4.78, 5) is 24.0. The molecule has 4 aromatic rings. The molecule has 0 aliphatic carbocycles. The van der Waals surface area contributed by atoms with Crippen molar-refractivity contribution in [3.8, 4) is 28.9 Å². The van der Waals surface area contributed by atoms with Crippen molar-refractivity contribution in [3.05, 3.63) is 79.4 Å². The minimum Gasteiger partial charge on any atom is -0.493 e. The van der Waals surface area contributed by atoms with Crippen LogP contribution in [-0.2, 0) is 14.8 Å². The number of nitrogens with one attached hydrogen (secondary N) is 2. The Hall–Kier alpha value is -5.15. The highest BCUT2D eigenvalue weighted by Gasteiger charge is 2.23. The van der Waals surface area contributed by atoms with Crippen molar-refractivity contribution < 1.29 is 42.0 Å². The number of aliphatic hydroxyl groups excluding tert-OH is 1. The molecule has 42 heavy (non-hydrogen) atoms. The first-order chi connectivity index (χ1) is 20.4. The lowest BCUT2D eigenvalue weighted by Crippen LogP contribution is -2.18. The third kappa shape index (κ3) is 8.18. The van der Waals surface area contributed by atoms with Crippen LogP contribution in [0.4, 0.5) is 16.3 Å². The van der Waals surface area contributed by atoms with Crippen molar-refractivity contribution in [3.63, 3.8) is 0 Å². The molecule has 0 saturated carbocycles. The fourth-order valence-corrected chi connectivity index (χ4v) is 4.38. The predicted molar refractivity (Wildman–Crippen MR) is 150 cm³/mol. The van der Waals surface area contributed by atoms with E-state index < -0.39 is 16.1 Å². The molecule has 0 aliphatic rings. The molecule has 0 unspecified atom stereocenters. The highest BCUT2D eigenvalue weighted by Crippen LogP contribution is 2.39. The van der Waals surface area contributed by atoms with Gasteiger partial charge in [0.15, 0.2) is 17.3 Å². The van der Waals surface area contributed by atoms with Crippen molar-refractivity contribution in [2.24, 2.45) is 0 Å². The first kappa shape index (κ1) is 29.8. The third-order valence-corrected chi connectivity index (χ3v) is 6.60. The first-order valence-electron chi connectivity index (χ1n) is 12.4. The molecular weight excluding hydrogens is 570 g/mol. The number of para-hydroxylation sites is 2. The largest absolute Gasteiger partial charge is 0.493 e. The van der Waals surface area contributed by atoms with Crippen molar-refractivity contribution >= 4 is 27.6 Å². The van der Waals surface area contributed by atoms with Gasteiger partial charge in [-0.2, -0.15) is 4.98 Å². The third-order valence-electron chi connectivity index (χ3n) is 5.24. The summed E-state index contributed by atoms with van der Waals surface area (Å²) in [6, 6.07) is 15.6. The van der Waals surface area contributed by atoms with Crippen molar-refractivity contribution in [1.82, 2.24) is 15.0 Å². The van der Waals surface area contributed by atoms with E-state index in [1.807, 2.05) is 0 Å². The molecule has 0 spiro atoms. The van der Waals surface area contributed by atoms with Gasteiger partial charge >= 0.3 is 6.09 Å². The number of methoxy groups -OCH3 is 1. The number of hydrogen-bond acceptors (Lipinski definition) is 12. The van der Waals surface area contributed by atoms with E-state index in [0.29, 0.717) is 17.2 Å². The normalized spacial score (nSPS) is 10.8. The van der Waals surface area contributed by atoms with Gasteiger partial charge in [-0.1, -0.05) is 12.1 Å². The number of aromatic nitrogens is 3. The Morgan fingerprint density at radius 3 is 2.43 bits per heavy atom. The summed E-state index contributed by atoms with van der Waals surface area (Å²) in [5.41, 5.74) is 0.455. The van der Waals surface area contributed by atoms with Gasteiger partial charge in [0.2, 0.25) is 5.75 Å². The second-order valence-electron chi connectivity index (χ2n) is 8.11. The van der Waals surface area contributed by atoms with Crippen molar-refractivity contribution in [2.75, 3.05) is 43.6 Å². The van der Waals surface area contributed by atoms with Crippen LogP contribution in [0.3, 0.4) is 0 Å². The number of ether oxygens (including phenoxy) is 5. The molecular formula is C27H27N5O9S. The Labute approximate surface area is 241 Å². The van der Waals surface area contributed by atoms with E-state index in [2.05, 4.69) is 25.0 Å². The van der Waals surface area contributed by atoms with E-state index in [4.69, 9.17) is 28.8 Å². The first-order valence-corrected chi connectivity index (χ1v) is 13.9. The van der Waals surface area contributed by atoms with Crippen molar-refractivity contribution in [2.45, 2.75) is 4.90 Å². The number of aliphatic hydroxyl groups is 1. The number of carbonyl (C=O) groups is 1. The number of hydrogen-bond donors (Lipinski definition) is 3. The zero-order chi connectivity index (χ0) is 29.8. The maximum Gasteiger partial charge on any atom is 0.411 e. The van der Waals surface area contributed by atoms with Crippen LogP contribution < -0.4 is 29.0 Å². The average molecular weight is 598 g/mol. The van der Waals surface area contributed by atoms with E-state index in [1.54, 1.807) is 42.6 Å². The maximum absolute atomic E-state index is 13.2. The predicted octanol–water partition coefficient (Wildman–Crippen LogP) is 3.47. The molecule has 0 saturated heterocycles. The topological polar surface area (TPSA) is 180 Å². The van der Waals surface area contributed by atoms with Crippen LogP contribution in [-0.4, -0.2) is 68.1 Å². The van der Waals surface area contributed by atoms with Crippen LogP contribution in [0, 0.1) is 0 Å². The molecule has 220 valence electrons. The van der Waals surface area contributed by atoms with Crippen LogP contribution in [0.2, 0.25) is 0 Å². The zero-order valence-electron chi connectivity index (χ0n) is 22.3. The van der Waals surface area contributed by atoms with E-state index >= 15 is 0 Å². The fourth-order valence-electron chi connectivity index (χ4n) is 3.37. The van der Waals surface area contributed by atoms with E-state index in [0.717, 1.165) is 6.33 Å². The molecule has 0 bridgehead atoms. The summed E-state index contributed by atoms with van der Waals surface area (Å²) in [7, 11) is -2.71. The second-order valence-corrected chi connectivity index (χ2v) is 9.79. The number of amides is 1. The number of pyridine rings is 1. The van der Waals surface area contributed by atoms with Crippen LogP contribution in [0.25, 0.3) is 0 Å². The Bertz CT molecular complexity index is 1570. The average Bonchev–Trinajstić information content (AvgIpc) is 3.00. The molecule has 2 heterocycles. The number of sulfonamides is 1. The molecule has 14 nitrogen and oxygen atoms in total. The smallest absolute Gasteiger partial charge is 0.411 e. The number of carbonyl (C=O) groups excluding carboxylic acids is 1. The number of anilines is 2. The summed E-state index contributed by atoms with van der Waals surface area (Å²) in [6.45, 7) is -0.436. The molecule has 3 N–H and O–H groups in total. The minimum absolute atomic E-state index is 0.0674. The Morgan fingerprint density at radius 1 is 0.929 bits per heavy atom. The summed E-state index contributed by atoms with van der Waals surface area (Å²) >= 11 is 0. The summed E-state index contributed by atoms with van der Waals surface area (Å²) in [5, 5.41) is 11.4. The van der Waals surface area contributed by atoms with Gasteiger partial charge in [-0.05, 0) is 48.5 Å². The van der Waals surface area contributed by atoms with Crippen LogP contribution in [0.15, 0.2) is 84.3 Å². The Balaban J connectivity index is 1.52. The van der Waals surface area contributed by atoms with Crippen LogP contribution >= 0.6 is 0 Å². The lowest BCUT2D eigenvalue weighted by Gasteiger charge is -2.17. The van der Waals surface area contributed by atoms with Crippen LogP contribution in [0.5, 0.6) is 28.9 Å². The number of rotatable bonds is 14. The van der Waals surface area contributed by atoms with E-state index in [1.165, 1.54) is 37.6 Å². The molecule has 0 radical (unpaired) electrons. The molecule has 2 aromatic carbocycles. The van der Waals surface area contributed by atoms with Gasteiger partial charge in [0.25, 0.3) is 15.9 Å². The summed E-state index contributed by atoms with van der Waals surface area (Å²) < 4.78 is 56.2. The zero-order valence-corrected chi connectivity index (χ0v) is 23.1. The van der Waals surface area contributed by atoms with E-state index in [-0.39, 0.29) is 54.5 Å². The fraction of sp³-hybridized carbons (Fsp3) is 0.185. The monoisotopic (exact) mass is 597 g/mol. The highest BCUT2D eigenvalue weighted by atomic mass is 32.2. The number of benzene rings is 2. The van der Waals surface area contributed by atoms with Gasteiger partial charge in [-0.3, -0.25) is 15.0 Å². The summed E-state index contributed by atoms with van der Waals surface area (Å²) in [5.74, 6) is 0.470. The van der Waals surface area contributed by atoms with Gasteiger partial charge in [-0.25, -0.2) is 18.2 Å². The Kier molecular flexibility index (Phi) is 10.3. The molecule has 15 heteroatoms.